The van der Waals surface area contributed by atoms with Gasteiger partial charge in [0, 0.05) is 11.3 Å². The predicted molar refractivity (Wildman–Crippen MR) is 112 cm³/mol. The van der Waals surface area contributed by atoms with Crippen molar-refractivity contribution in [3.05, 3.63) is 89.0 Å². The molecule has 144 valence electrons. The molecule has 3 rings (SSSR count). The molecule has 1 amide bonds. The topological polar surface area (TPSA) is 75.3 Å². The number of hydrogen-bond acceptors (Lipinski definition) is 3. The number of anilines is 2. The molecule has 0 unspecified atom stereocenters. The molecular weight excluding hydrogens is 372 g/mol. The van der Waals surface area contributed by atoms with Crippen LogP contribution in [0.5, 0.6) is 0 Å². The van der Waals surface area contributed by atoms with Crippen molar-refractivity contribution in [1.29, 1.82) is 0 Å². The standard InChI is InChI=1S/C22H22N2O3S/c1-15-5-8-18(9-6-15)22(25)23-19-10-12-20(13-11-19)28(26,27)24-21-14-16(2)4-7-17(21)3/h4-14,24H,1-3H3,(H,23,25). The summed E-state index contributed by atoms with van der Waals surface area (Å²) in [6, 6.07) is 18.9. The van der Waals surface area contributed by atoms with E-state index in [1.807, 2.05) is 45.0 Å². The quantitative estimate of drug-likeness (QED) is 0.661. The molecule has 5 nitrogen and oxygen atoms in total. The van der Waals surface area contributed by atoms with Gasteiger partial charge >= 0.3 is 0 Å². The Bertz CT molecular complexity index is 1100. The molecule has 0 radical (unpaired) electrons. The Morgan fingerprint density at radius 1 is 0.786 bits per heavy atom. The van der Waals surface area contributed by atoms with Crippen LogP contribution in [0.2, 0.25) is 0 Å². The van der Waals surface area contributed by atoms with Gasteiger partial charge in [-0.2, -0.15) is 0 Å². The molecule has 0 bridgehead atoms. The third-order valence-electron chi connectivity index (χ3n) is 4.37. The van der Waals surface area contributed by atoms with Gasteiger partial charge in [-0.25, -0.2) is 8.42 Å². The van der Waals surface area contributed by atoms with Gasteiger partial charge in [0.05, 0.1) is 10.6 Å². The van der Waals surface area contributed by atoms with Gasteiger partial charge in [-0.1, -0.05) is 29.8 Å². The number of carbonyl (C=O) groups is 1. The molecule has 0 aliphatic rings. The number of benzene rings is 3. The van der Waals surface area contributed by atoms with Crippen molar-refractivity contribution in [3.8, 4) is 0 Å². The lowest BCUT2D eigenvalue weighted by Gasteiger charge is -2.12. The third-order valence-corrected chi connectivity index (χ3v) is 5.76. The molecule has 0 atom stereocenters. The minimum absolute atomic E-state index is 0.127. The zero-order chi connectivity index (χ0) is 20.3. The Morgan fingerprint density at radius 3 is 2.04 bits per heavy atom. The number of aryl methyl sites for hydroxylation is 3. The molecule has 0 saturated carbocycles. The maximum Gasteiger partial charge on any atom is 0.261 e. The Balaban J connectivity index is 1.75. The fourth-order valence-electron chi connectivity index (χ4n) is 2.68. The number of sulfonamides is 1. The molecule has 3 aromatic carbocycles. The highest BCUT2D eigenvalue weighted by Crippen LogP contribution is 2.22. The van der Waals surface area contributed by atoms with E-state index in [1.54, 1.807) is 30.3 Å². The highest BCUT2D eigenvalue weighted by Gasteiger charge is 2.16. The summed E-state index contributed by atoms with van der Waals surface area (Å²) in [5.41, 5.74) is 4.50. The first kappa shape index (κ1) is 19.6. The zero-order valence-corrected chi connectivity index (χ0v) is 16.8. The predicted octanol–water partition coefficient (Wildman–Crippen LogP) is 4.66. The van der Waals surface area contributed by atoms with Crippen molar-refractivity contribution in [3.63, 3.8) is 0 Å². The monoisotopic (exact) mass is 394 g/mol. The summed E-state index contributed by atoms with van der Waals surface area (Å²) in [4.78, 5) is 12.4. The van der Waals surface area contributed by atoms with Crippen molar-refractivity contribution in [2.45, 2.75) is 25.7 Å². The zero-order valence-electron chi connectivity index (χ0n) is 16.0. The summed E-state index contributed by atoms with van der Waals surface area (Å²) in [5, 5.41) is 2.77. The Kier molecular flexibility index (Phi) is 5.51. The van der Waals surface area contributed by atoms with Gasteiger partial charge in [-0.05, 0) is 74.4 Å². The minimum Gasteiger partial charge on any atom is -0.322 e. The molecule has 0 aliphatic heterocycles. The summed E-state index contributed by atoms with van der Waals surface area (Å²) in [6.07, 6.45) is 0. The number of nitrogens with one attached hydrogen (secondary N) is 2. The van der Waals surface area contributed by atoms with Crippen LogP contribution in [0.15, 0.2) is 71.6 Å². The lowest BCUT2D eigenvalue weighted by atomic mass is 10.1. The molecule has 28 heavy (non-hydrogen) atoms. The van der Waals surface area contributed by atoms with Crippen LogP contribution in [-0.4, -0.2) is 14.3 Å². The van der Waals surface area contributed by atoms with Crippen LogP contribution in [0.4, 0.5) is 11.4 Å². The first-order valence-electron chi connectivity index (χ1n) is 8.83. The summed E-state index contributed by atoms with van der Waals surface area (Å²) in [7, 11) is -3.72. The van der Waals surface area contributed by atoms with Gasteiger partial charge in [0.2, 0.25) is 0 Å². The van der Waals surface area contributed by atoms with Gasteiger partial charge in [-0.15, -0.1) is 0 Å². The van der Waals surface area contributed by atoms with E-state index >= 15 is 0 Å². The smallest absolute Gasteiger partial charge is 0.261 e. The van der Waals surface area contributed by atoms with Crippen LogP contribution < -0.4 is 10.0 Å². The molecule has 0 fully saturated rings. The molecule has 0 spiro atoms. The molecule has 0 aromatic heterocycles. The van der Waals surface area contributed by atoms with E-state index in [2.05, 4.69) is 10.0 Å². The van der Waals surface area contributed by atoms with Crippen molar-refractivity contribution >= 4 is 27.3 Å². The van der Waals surface area contributed by atoms with Gasteiger partial charge in [0.15, 0.2) is 0 Å². The number of hydrogen-bond donors (Lipinski definition) is 2. The SMILES string of the molecule is Cc1ccc(C(=O)Nc2ccc(S(=O)(=O)Nc3cc(C)ccc3C)cc2)cc1. The summed E-state index contributed by atoms with van der Waals surface area (Å²) in [6.45, 7) is 5.71. The first-order valence-corrected chi connectivity index (χ1v) is 10.3. The van der Waals surface area contributed by atoms with E-state index in [0.717, 1.165) is 16.7 Å². The van der Waals surface area contributed by atoms with E-state index in [0.29, 0.717) is 16.9 Å². The molecule has 3 aromatic rings. The Labute approximate surface area is 165 Å². The largest absolute Gasteiger partial charge is 0.322 e. The van der Waals surface area contributed by atoms with Crippen molar-refractivity contribution in [2.24, 2.45) is 0 Å². The molecule has 6 heteroatoms. The number of carbonyl (C=O) groups excluding carboxylic acids is 1. The van der Waals surface area contributed by atoms with Crippen LogP contribution >= 0.6 is 0 Å². The van der Waals surface area contributed by atoms with Gasteiger partial charge < -0.3 is 5.32 Å². The number of rotatable bonds is 5. The highest BCUT2D eigenvalue weighted by molar-refractivity contribution is 7.92. The van der Waals surface area contributed by atoms with E-state index in [-0.39, 0.29) is 10.8 Å². The first-order chi connectivity index (χ1) is 13.2. The van der Waals surface area contributed by atoms with Crippen LogP contribution in [0, 0.1) is 20.8 Å². The van der Waals surface area contributed by atoms with Gasteiger partial charge in [-0.3, -0.25) is 9.52 Å². The second-order valence-corrected chi connectivity index (χ2v) is 8.45. The Hall–Kier alpha value is -3.12. The fraction of sp³-hybridized carbons (Fsp3) is 0.136. The van der Waals surface area contributed by atoms with E-state index in [9.17, 15) is 13.2 Å². The van der Waals surface area contributed by atoms with E-state index in [4.69, 9.17) is 0 Å². The fourth-order valence-corrected chi connectivity index (χ4v) is 3.80. The lowest BCUT2D eigenvalue weighted by Crippen LogP contribution is -2.15. The molecule has 2 N–H and O–H groups in total. The second kappa shape index (κ2) is 7.86. The number of amides is 1. The summed E-state index contributed by atoms with van der Waals surface area (Å²) in [5.74, 6) is -0.246. The van der Waals surface area contributed by atoms with Crippen LogP contribution in [0.25, 0.3) is 0 Å². The minimum atomic E-state index is -3.72. The molecule has 0 aliphatic carbocycles. The average molecular weight is 394 g/mol. The Morgan fingerprint density at radius 2 is 1.39 bits per heavy atom. The maximum absolute atomic E-state index is 12.7. The van der Waals surface area contributed by atoms with Crippen molar-refractivity contribution in [1.82, 2.24) is 0 Å². The lowest BCUT2D eigenvalue weighted by molar-refractivity contribution is 0.102. The van der Waals surface area contributed by atoms with Gasteiger partial charge in [0.25, 0.3) is 15.9 Å². The van der Waals surface area contributed by atoms with Crippen LogP contribution in [0.1, 0.15) is 27.0 Å². The summed E-state index contributed by atoms with van der Waals surface area (Å²) >= 11 is 0. The van der Waals surface area contributed by atoms with Crippen LogP contribution in [-0.2, 0) is 10.0 Å². The normalized spacial score (nSPS) is 11.1. The second-order valence-electron chi connectivity index (χ2n) is 6.77. The summed E-state index contributed by atoms with van der Waals surface area (Å²) < 4.78 is 27.9. The van der Waals surface area contributed by atoms with Crippen molar-refractivity contribution < 1.29 is 13.2 Å². The van der Waals surface area contributed by atoms with Gasteiger partial charge in [0.1, 0.15) is 0 Å². The highest BCUT2D eigenvalue weighted by atomic mass is 32.2. The average Bonchev–Trinajstić information content (AvgIpc) is 2.65. The molecule has 0 heterocycles. The van der Waals surface area contributed by atoms with E-state index in [1.165, 1.54) is 12.1 Å². The third kappa shape index (κ3) is 4.58. The van der Waals surface area contributed by atoms with Crippen molar-refractivity contribution in [2.75, 3.05) is 10.0 Å². The van der Waals surface area contributed by atoms with E-state index < -0.39 is 10.0 Å². The molecule has 0 saturated heterocycles. The molecular formula is C22H22N2O3S. The van der Waals surface area contributed by atoms with Crippen LogP contribution in [0.3, 0.4) is 0 Å². The maximum atomic E-state index is 12.7.